The molecule has 1 saturated heterocycles. The predicted molar refractivity (Wildman–Crippen MR) is 65.2 cm³/mol. The number of thioether (sulfide) groups is 1. The molecule has 1 aromatic heterocycles. The van der Waals surface area contributed by atoms with Crippen molar-refractivity contribution in [3.8, 4) is 0 Å². The summed E-state index contributed by atoms with van der Waals surface area (Å²) in [5.74, 6) is 1.40. The molecule has 0 bridgehead atoms. The highest BCUT2D eigenvalue weighted by Gasteiger charge is 2.13. The quantitative estimate of drug-likeness (QED) is 0.844. The number of anilines is 1. The lowest BCUT2D eigenvalue weighted by molar-refractivity contribution is 0.0690. The summed E-state index contributed by atoms with van der Waals surface area (Å²) < 4.78 is 0. The monoisotopic (exact) mass is 238 g/mol. The standard InChI is InChI=1S/C11H14N2O2S/c14-11(15)10-2-1-9(7-12-10)13-8-3-5-16-6-4-8/h1-2,7-8,13H,3-6H2,(H,14,15). The minimum Gasteiger partial charge on any atom is -0.477 e. The molecule has 5 heteroatoms. The second-order valence-corrected chi connectivity index (χ2v) is 4.99. The summed E-state index contributed by atoms with van der Waals surface area (Å²) in [6, 6.07) is 3.80. The highest BCUT2D eigenvalue weighted by molar-refractivity contribution is 7.99. The molecule has 4 nitrogen and oxygen atoms in total. The Hall–Kier alpha value is -1.23. The van der Waals surface area contributed by atoms with Crippen LogP contribution in [0.3, 0.4) is 0 Å². The lowest BCUT2D eigenvalue weighted by atomic mass is 10.1. The first-order valence-electron chi connectivity index (χ1n) is 5.29. The van der Waals surface area contributed by atoms with Gasteiger partial charge in [0.1, 0.15) is 5.69 Å². The maximum absolute atomic E-state index is 10.6. The van der Waals surface area contributed by atoms with Gasteiger partial charge < -0.3 is 10.4 Å². The van der Waals surface area contributed by atoms with Gasteiger partial charge in [-0.05, 0) is 36.5 Å². The van der Waals surface area contributed by atoms with Gasteiger partial charge in [-0.3, -0.25) is 0 Å². The van der Waals surface area contributed by atoms with Crippen LogP contribution in [-0.2, 0) is 0 Å². The molecule has 86 valence electrons. The van der Waals surface area contributed by atoms with Crippen LogP contribution in [0.2, 0.25) is 0 Å². The third-order valence-electron chi connectivity index (χ3n) is 2.57. The molecule has 0 aromatic carbocycles. The number of rotatable bonds is 3. The number of nitrogens with zero attached hydrogens (tertiary/aromatic N) is 1. The van der Waals surface area contributed by atoms with Gasteiger partial charge in [-0.15, -0.1) is 0 Å². The molecule has 1 fully saturated rings. The molecule has 2 rings (SSSR count). The molecule has 2 heterocycles. The molecule has 1 aliphatic rings. The van der Waals surface area contributed by atoms with E-state index in [9.17, 15) is 4.79 Å². The molecule has 16 heavy (non-hydrogen) atoms. The first-order chi connectivity index (χ1) is 7.75. The third-order valence-corrected chi connectivity index (χ3v) is 3.62. The van der Waals surface area contributed by atoms with E-state index in [-0.39, 0.29) is 5.69 Å². The van der Waals surface area contributed by atoms with Crippen molar-refractivity contribution >= 4 is 23.4 Å². The molecular weight excluding hydrogens is 224 g/mol. The van der Waals surface area contributed by atoms with Crippen LogP contribution >= 0.6 is 11.8 Å². The number of carboxylic acid groups (broad SMARTS) is 1. The minimum absolute atomic E-state index is 0.0877. The van der Waals surface area contributed by atoms with Crippen LogP contribution in [-0.4, -0.2) is 33.6 Å². The number of aromatic nitrogens is 1. The summed E-state index contributed by atoms with van der Waals surface area (Å²) >= 11 is 1.98. The Morgan fingerprint density at radius 1 is 1.44 bits per heavy atom. The lowest BCUT2D eigenvalue weighted by Crippen LogP contribution is -2.24. The Morgan fingerprint density at radius 2 is 2.19 bits per heavy atom. The Labute approximate surface area is 98.5 Å². The molecule has 0 radical (unpaired) electrons. The van der Waals surface area contributed by atoms with Crippen LogP contribution in [0.5, 0.6) is 0 Å². The number of carboxylic acids is 1. The van der Waals surface area contributed by atoms with E-state index in [1.807, 2.05) is 11.8 Å². The number of nitrogens with one attached hydrogen (secondary N) is 1. The molecule has 2 N–H and O–H groups in total. The molecule has 0 aliphatic carbocycles. The molecule has 0 spiro atoms. The highest BCUT2D eigenvalue weighted by atomic mass is 32.2. The summed E-state index contributed by atoms with van der Waals surface area (Å²) in [5, 5.41) is 12.1. The highest BCUT2D eigenvalue weighted by Crippen LogP contribution is 2.20. The van der Waals surface area contributed by atoms with Gasteiger partial charge in [0.15, 0.2) is 0 Å². The topological polar surface area (TPSA) is 62.2 Å². The van der Waals surface area contributed by atoms with Crippen molar-refractivity contribution < 1.29 is 9.90 Å². The molecular formula is C11H14N2O2S. The number of hydrogen-bond donors (Lipinski definition) is 2. The van der Waals surface area contributed by atoms with E-state index >= 15 is 0 Å². The van der Waals surface area contributed by atoms with E-state index in [1.54, 1.807) is 12.3 Å². The fourth-order valence-electron chi connectivity index (χ4n) is 1.68. The predicted octanol–water partition coefficient (Wildman–Crippen LogP) is 2.09. The second kappa shape index (κ2) is 5.21. The normalized spacial score (nSPS) is 17.0. The van der Waals surface area contributed by atoms with Crippen molar-refractivity contribution in [3.05, 3.63) is 24.0 Å². The van der Waals surface area contributed by atoms with Gasteiger partial charge in [-0.1, -0.05) is 0 Å². The summed E-state index contributed by atoms with van der Waals surface area (Å²) in [7, 11) is 0. The summed E-state index contributed by atoms with van der Waals surface area (Å²) in [4.78, 5) is 14.5. The SMILES string of the molecule is O=C(O)c1ccc(NC2CCSCC2)cn1. The zero-order valence-electron chi connectivity index (χ0n) is 8.85. The Bertz CT molecular complexity index is 361. The molecule has 0 unspecified atom stereocenters. The third kappa shape index (κ3) is 2.88. The van der Waals surface area contributed by atoms with Gasteiger partial charge in [0.25, 0.3) is 0 Å². The van der Waals surface area contributed by atoms with Crippen molar-refractivity contribution in [1.29, 1.82) is 0 Å². The molecule has 0 saturated carbocycles. The van der Waals surface area contributed by atoms with Crippen molar-refractivity contribution in [2.24, 2.45) is 0 Å². The molecule has 1 aromatic rings. The Kier molecular flexibility index (Phi) is 3.66. The number of pyridine rings is 1. The summed E-state index contributed by atoms with van der Waals surface area (Å²) in [6.07, 6.45) is 3.90. The molecule has 0 amide bonds. The fraction of sp³-hybridized carbons (Fsp3) is 0.455. The zero-order chi connectivity index (χ0) is 11.4. The summed E-state index contributed by atoms with van der Waals surface area (Å²) in [5.41, 5.74) is 0.992. The summed E-state index contributed by atoms with van der Waals surface area (Å²) in [6.45, 7) is 0. The van der Waals surface area contributed by atoms with Crippen LogP contribution in [0.1, 0.15) is 23.3 Å². The first-order valence-corrected chi connectivity index (χ1v) is 6.45. The average Bonchev–Trinajstić information content (AvgIpc) is 2.31. The van der Waals surface area contributed by atoms with Gasteiger partial charge >= 0.3 is 5.97 Å². The maximum Gasteiger partial charge on any atom is 0.354 e. The Morgan fingerprint density at radius 3 is 2.75 bits per heavy atom. The molecule has 0 atom stereocenters. The lowest BCUT2D eigenvalue weighted by Gasteiger charge is -2.23. The van der Waals surface area contributed by atoms with Crippen LogP contribution in [0.4, 0.5) is 5.69 Å². The van der Waals surface area contributed by atoms with Gasteiger partial charge in [0.2, 0.25) is 0 Å². The van der Waals surface area contributed by atoms with E-state index in [0.717, 1.165) is 18.5 Å². The number of carbonyl (C=O) groups is 1. The van der Waals surface area contributed by atoms with E-state index in [0.29, 0.717) is 6.04 Å². The van der Waals surface area contributed by atoms with Gasteiger partial charge in [-0.2, -0.15) is 11.8 Å². The van der Waals surface area contributed by atoms with Crippen LogP contribution < -0.4 is 5.32 Å². The van der Waals surface area contributed by atoms with Gasteiger partial charge in [0.05, 0.1) is 11.9 Å². The van der Waals surface area contributed by atoms with Gasteiger partial charge in [-0.25, -0.2) is 9.78 Å². The van der Waals surface area contributed by atoms with Crippen LogP contribution in [0.25, 0.3) is 0 Å². The average molecular weight is 238 g/mol. The van der Waals surface area contributed by atoms with Crippen molar-refractivity contribution in [2.45, 2.75) is 18.9 Å². The van der Waals surface area contributed by atoms with Crippen LogP contribution in [0.15, 0.2) is 18.3 Å². The van der Waals surface area contributed by atoms with Crippen molar-refractivity contribution in [2.75, 3.05) is 16.8 Å². The maximum atomic E-state index is 10.6. The van der Waals surface area contributed by atoms with E-state index in [1.165, 1.54) is 17.6 Å². The molecule has 1 aliphatic heterocycles. The minimum atomic E-state index is -0.986. The van der Waals surface area contributed by atoms with Crippen LogP contribution in [0, 0.1) is 0 Å². The largest absolute Gasteiger partial charge is 0.477 e. The van der Waals surface area contributed by atoms with E-state index in [2.05, 4.69) is 10.3 Å². The van der Waals surface area contributed by atoms with Gasteiger partial charge in [0, 0.05) is 6.04 Å². The van der Waals surface area contributed by atoms with Crippen molar-refractivity contribution in [3.63, 3.8) is 0 Å². The second-order valence-electron chi connectivity index (χ2n) is 3.77. The smallest absolute Gasteiger partial charge is 0.354 e. The Balaban J connectivity index is 1.96. The van der Waals surface area contributed by atoms with E-state index in [4.69, 9.17) is 5.11 Å². The zero-order valence-corrected chi connectivity index (χ0v) is 9.67. The fourth-order valence-corrected chi connectivity index (χ4v) is 2.79. The van der Waals surface area contributed by atoms with E-state index < -0.39 is 5.97 Å². The number of hydrogen-bond acceptors (Lipinski definition) is 4. The number of aromatic carboxylic acids is 1. The van der Waals surface area contributed by atoms with Crippen molar-refractivity contribution in [1.82, 2.24) is 4.98 Å². The first kappa shape index (κ1) is 11.3.